The molecule has 0 bridgehead atoms. The Labute approximate surface area is 197 Å². The van der Waals surface area contributed by atoms with E-state index in [0.29, 0.717) is 27.3 Å². The van der Waals surface area contributed by atoms with Gasteiger partial charge in [-0.3, -0.25) is 9.69 Å². The van der Waals surface area contributed by atoms with Crippen molar-refractivity contribution in [1.29, 1.82) is 0 Å². The van der Waals surface area contributed by atoms with E-state index in [9.17, 15) is 4.79 Å². The Bertz CT molecular complexity index is 1200. The van der Waals surface area contributed by atoms with Gasteiger partial charge in [0.15, 0.2) is 15.8 Å². The van der Waals surface area contributed by atoms with E-state index in [-0.39, 0.29) is 5.91 Å². The highest BCUT2D eigenvalue weighted by Crippen LogP contribution is 2.37. The van der Waals surface area contributed by atoms with E-state index >= 15 is 0 Å². The number of rotatable bonds is 6. The van der Waals surface area contributed by atoms with E-state index in [2.05, 4.69) is 0 Å². The van der Waals surface area contributed by atoms with Crippen LogP contribution in [0.3, 0.4) is 0 Å². The molecule has 4 rings (SSSR count). The Morgan fingerprint density at radius 1 is 0.969 bits per heavy atom. The van der Waals surface area contributed by atoms with Crippen LogP contribution in [0.2, 0.25) is 0 Å². The van der Waals surface area contributed by atoms with Crippen LogP contribution in [0.4, 0.5) is 5.69 Å². The minimum atomic E-state index is -0.119. The predicted octanol–water partition coefficient (Wildman–Crippen LogP) is 6.30. The zero-order valence-electron chi connectivity index (χ0n) is 18.1. The highest BCUT2D eigenvalue weighted by Gasteiger charge is 2.33. The molecule has 1 saturated heterocycles. The number of amides is 1. The van der Waals surface area contributed by atoms with Crippen LogP contribution in [0, 0.1) is 13.8 Å². The second-order valence-electron chi connectivity index (χ2n) is 7.47. The van der Waals surface area contributed by atoms with Crippen LogP contribution in [0.5, 0.6) is 11.5 Å². The van der Waals surface area contributed by atoms with Crippen molar-refractivity contribution >= 4 is 46.0 Å². The summed E-state index contributed by atoms with van der Waals surface area (Å²) in [5.74, 6) is 1.14. The fraction of sp³-hybridized carbons (Fsp3) is 0.154. The molecule has 1 heterocycles. The average molecular weight is 462 g/mol. The summed E-state index contributed by atoms with van der Waals surface area (Å²) in [6, 6.07) is 21.5. The van der Waals surface area contributed by atoms with Crippen LogP contribution in [0.1, 0.15) is 22.3 Å². The monoisotopic (exact) mass is 461 g/mol. The lowest BCUT2D eigenvalue weighted by Crippen LogP contribution is -2.27. The Kier molecular flexibility index (Phi) is 6.63. The Morgan fingerprint density at radius 3 is 2.47 bits per heavy atom. The number of hydrogen-bond donors (Lipinski definition) is 0. The van der Waals surface area contributed by atoms with Gasteiger partial charge in [0.05, 0.1) is 17.7 Å². The SMILES string of the molecule is COc1cc(C=C2SC(=S)N(c3ccc(C)c(C)c3)C2=O)ccc1OCc1ccccc1. The van der Waals surface area contributed by atoms with Crippen molar-refractivity contribution in [2.24, 2.45) is 0 Å². The van der Waals surface area contributed by atoms with Crippen molar-refractivity contribution in [1.82, 2.24) is 0 Å². The molecule has 0 aliphatic carbocycles. The first kappa shape index (κ1) is 22.1. The molecule has 1 aliphatic heterocycles. The number of carbonyl (C=O) groups is 1. The van der Waals surface area contributed by atoms with Gasteiger partial charge in [-0.25, -0.2) is 0 Å². The molecule has 0 unspecified atom stereocenters. The number of nitrogens with zero attached hydrogens (tertiary/aromatic N) is 1. The summed E-state index contributed by atoms with van der Waals surface area (Å²) in [7, 11) is 1.60. The molecule has 0 atom stereocenters. The van der Waals surface area contributed by atoms with Crippen molar-refractivity contribution < 1.29 is 14.3 Å². The summed E-state index contributed by atoms with van der Waals surface area (Å²) < 4.78 is 12.0. The van der Waals surface area contributed by atoms with Crippen molar-refractivity contribution in [3.8, 4) is 11.5 Å². The Morgan fingerprint density at radius 2 is 1.75 bits per heavy atom. The van der Waals surface area contributed by atoms with E-state index in [0.717, 1.165) is 22.4 Å². The molecule has 1 fully saturated rings. The molecule has 1 aliphatic rings. The number of ether oxygens (including phenoxy) is 2. The number of benzene rings is 3. The minimum Gasteiger partial charge on any atom is -0.493 e. The fourth-order valence-electron chi connectivity index (χ4n) is 3.33. The molecule has 0 N–H and O–H groups in total. The largest absolute Gasteiger partial charge is 0.493 e. The maximum absolute atomic E-state index is 13.1. The summed E-state index contributed by atoms with van der Waals surface area (Å²) in [5.41, 5.74) is 5.01. The zero-order chi connectivity index (χ0) is 22.7. The fourth-order valence-corrected chi connectivity index (χ4v) is 4.63. The second kappa shape index (κ2) is 9.59. The lowest BCUT2D eigenvalue weighted by atomic mass is 10.1. The third kappa shape index (κ3) is 4.71. The molecular weight excluding hydrogens is 438 g/mol. The molecule has 0 aromatic heterocycles. The van der Waals surface area contributed by atoms with Crippen LogP contribution in [-0.4, -0.2) is 17.3 Å². The smallest absolute Gasteiger partial charge is 0.270 e. The van der Waals surface area contributed by atoms with Crippen LogP contribution in [0.15, 0.2) is 71.6 Å². The standard InChI is InChI=1S/C26H23NO3S2/c1-17-9-11-21(13-18(17)2)27-25(28)24(32-26(27)31)15-20-10-12-22(23(14-20)29-3)30-16-19-7-5-4-6-8-19/h4-15H,16H2,1-3H3. The van der Waals surface area contributed by atoms with E-state index in [1.165, 1.54) is 17.3 Å². The van der Waals surface area contributed by atoms with E-state index < -0.39 is 0 Å². The van der Waals surface area contributed by atoms with Crippen molar-refractivity contribution in [2.75, 3.05) is 12.0 Å². The van der Waals surface area contributed by atoms with Gasteiger partial charge in [-0.1, -0.05) is 66.4 Å². The lowest BCUT2D eigenvalue weighted by Gasteiger charge is -2.16. The van der Waals surface area contributed by atoms with Crippen molar-refractivity contribution in [2.45, 2.75) is 20.5 Å². The molecule has 0 spiro atoms. The van der Waals surface area contributed by atoms with Crippen LogP contribution < -0.4 is 14.4 Å². The maximum atomic E-state index is 13.1. The number of thiocarbonyl (C=S) groups is 1. The van der Waals surface area contributed by atoms with Gasteiger partial charge in [-0.05, 0) is 66.4 Å². The second-order valence-corrected chi connectivity index (χ2v) is 9.15. The quantitative estimate of drug-likeness (QED) is 0.318. The lowest BCUT2D eigenvalue weighted by molar-refractivity contribution is -0.113. The van der Waals surface area contributed by atoms with Gasteiger partial charge < -0.3 is 9.47 Å². The molecule has 4 nitrogen and oxygen atoms in total. The van der Waals surface area contributed by atoms with Crippen LogP contribution in [0.25, 0.3) is 6.08 Å². The molecule has 0 saturated carbocycles. The molecule has 162 valence electrons. The van der Waals surface area contributed by atoms with Gasteiger partial charge in [0.1, 0.15) is 6.61 Å². The third-order valence-electron chi connectivity index (χ3n) is 5.27. The van der Waals surface area contributed by atoms with Crippen LogP contribution >= 0.6 is 24.0 Å². The highest BCUT2D eigenvalue weighted by molar-refractivity contribution is 8.27. The van der Waals surface area contributed by atoms with Gasteiger partial charge in [0.25, 0.3) is 5.91 Å². The predicted molar refractivity (Wildman–Crippen MR) is 135 cm³/mol. The van der Waals surface area contributed by atoms with E-state index in [4.69, 9.17) is 21.7 Å². The van der Waals surface area contributed by atoms with Crippen molar-refractivity contribution in [3.05, 3.63) is 93.9 Å². The minimum absolute atomic E-state index is 0.119. The van der Waals surface area contributed by atoms with Gasteiger partial charge in [0, 0.05) is 0 Å². The number of anilines is 1. The number of hydrogen-bond acceptors (Lipinski definition) is 5. The summed E-state index contributed by atoms with van der Waals surface area (Å²) in [5, 5.41) is 0. The molecule has 0 radical (unpaired) electrons. The summed E-state index contributed by atoms with van der Waals surface area (Å²) in [6.45, 7) is 4.52. The topological polar surface area (TPSA) is 38.8 Å². The number of methoxy groups -OCH3 is 1. The molecule has 3 aromatic carbocycles. The highest BCUT2D eigenvalue weighted by atomic mass is 32.2. The molecule has 32 heavy (non-hydrogen) atoms. The Hall–Kier alpha value is -3.09. The van der Waals surface area contributed by atoms with Crippen LogP contribution in [-0.2, 0) is 11.4 Å². The molecule has 1 amide bonds. The summed E-state index contributed by atoms with van der Waals surface area (Å²) >= 11 is 6.81. The first-order valence-electron chi connectivity index (χ1n) is 10.2. The summed E-state index contributed by atoms with van der Waals surface area (Å²) in [4.78, 5) is 15.3. The average Bonchev–Trinajstić information content (AvgIpc) is 3.08. The first-order valence-corrected chi connectivity index (χ1v) is 11.4. The van der Waals surface area contributed by atoms with E-state index in [1.54, 1.807) is 12.0 Å². The van der Waals surface area contributed by atoms with Crippen molar-refractivity contribution in [3.63, 3.8) is 0 Å². The molecule has 6 heteroatoms. The van der Waals surface area contributed by atoms with Gasteiger partial charge in [-0.2, -0.15) is 0 Å². The normalized spacial score (nSPS) is 14.8. The van der Waals surface area contributed by atoms with Gasteiger partial charge in [-0.15, -0.1) is 0 Å². The number of thioether (sulfide) groups is 1. The summed E-state index contributed by atoms with van der Waals surface area (Å²) in [6.07, 6.45) is 1.84. The maximum Gasteiger partial charge on any atom is 0.270 e. The third-order valence-corrected chi connectivity index (χ3v) is 6.57. The van der Waals surface area contributed by atoms with E-state index in [1.807, 2.05) is 86.7 Å². The van der Waals surface area contributed by atoms with Gasteiger partial charge >= 0.3 is 0 Å². The molecular formula is C26H23NO3S2. The van der Waals surface area contributed by atoms with Gasteiger partial charge in [0.2, 0.25) is 0 Å². The Balaban J connectivity index is 1.54. The first-order chi connectivity index (χ1) is 15.5. The zero-order valence-corrected chi connectivity index (χ0v) is 19.8. The molecule has 3 aromatic rings. The number of aryl methyl sites for hydroxylation is 2. The number of carbonyl (C=O) groups excluding carboxylic acids is 1.